The molecule has 1 atom stereocenters. The number of carbonyl (C=O) groups excluding carboxylic acids is 1. The van der Waals surface area contributed by atoms with Crippen LogP contribution in [0.4, 0.5) is 4.39 Å². The smallest absolute Gasteiger partial charge is 0.250 e. The van der Waals surface area contributed by atoms with Crippen molar-refractivity contribution in [1.29, 1.82) is 0 Å². The van der Waals surface area contributed by atoms with Gasteiger partial charge in [0.05, 0.1) is 30.9 Å². The molecule has 1 amide bonds. The summed E-state index contributed by atoms with van der Waals surface area (Å²) in [6.07, 6.45) is 9.59. The molecule has 0 bridgehead atoms. The molecule has 0 spiro atoms. The standard InChI is InChI=1S/C27H28FN3O2/c1-18-16-30(17-29-18)24-12-5-19(15-25(24)33-2)14-22-4-3-13-31(27(22)32)26(20-6-7-20)21-8-10-23(28)11-9-21/h5,8-12,14-17,20,26H,3-4,6-7,13H2,1-2H3/t26-/m1/s1. The third kappa shape index (κ3) is 4.42. The Morgan fingerprint density at radius 1 is 1.18 bits per heavy atom. The van der Waals surface area contributed by atoms with Crippen molar-refractivity contribution in [3.05, 3.63) is 83.2 Å². The first kappa shape index (κ1) is 21.4. The Labute approximate surface area is 193 Å². The van der Waals surface area contributed by atoms with E-state index in [0.717, 1.165) is 66.1 Å². The lowest BCUT2D eigenvalue weighted by molar-refractivity contribution is -0.131. The predicted molar refractivity (Wildman–Crippen MR) is 126 cm³/mol. The van der Waals surface area contributed by atoms with Crippen LogP contribution in [0.15, 0.2) is 60.6 Å². The third-order valence-corrected chi connectivity index (χ3v) is 6.53. The molecule has 0 N–H and O–H groups in total. The molecule has 33 heavy (non-hydrogen) atoms. The lowest BCUT2D eigenvalue weighted by Crippen LogP contribution is -2.40. The van der Waals surface area contributed by atoms with Gasteiger partial charge in [0.25, 0.3) is 0 Å². The first-order valence-electron chi connectivity index (χ1n) is 11.5. The van der Waals surface area contributed by atoms with Gasteiger partial charge in [-0.1, -0.05) is 18.2 Å². The van der Waals surface area contributed by atoms with E-state index in [-0.39, 0.29) is 17.8 Å². The van der Waals surface area contributed by atoms with E-state index in [4.69, 9.17) is 4.74 Å². The van der Waals surface area contributed by atoms with E-state index < -0.39 is 0 Å². The van der Waals surface area contributed by atoms with Crippen LogP contribution >= 0.6 is 0 Å². The van der Waals surface area contributed by atoms with Gasteiger partial charge >= 0.3 is 0 Å². The number of piperidine rings is 1. The van der Waals surface area contributed by atoms with Crippen LogP contribution in [-0.4, -0.2) is 34.0 Å². The number of methoxy groups -OCH3 is 1. The van der Waals surface area contributed by atoms with Crippen molar-refractivity contribution in [2.24, 2.45) is 5.92 Å². The Morgan fingerprint density at radius 3 is 2.64 bits per heavy atom. The van der Waals surface area contributed by atoms with Gasteiger partial charge in [0, 0.05) is 18.3 Å². The second-order valence-electron chi connectivity index (χ2n) is 8.96. The van der Waals surface area contributed by atoms with E-state index in [0.29, 0.717) is 5.92 Å². The van der Waals surface area contributed by atoms with Crippen molar-refractivity contribution < 1.29 is 13.9 Å². The minimum atomic E-state index is -0.248. The monoisotopic (exact) mass is 445 g/mol. The third-order valence-electron chi connectivity index (χ3n) is 6.53. The molecule has 1 saturated carbocycles. The zero-order valence-electron chi connectivity index (χ0n) is 19.0. The quantitative estimate of drug-likeness (QED) is 0.472. The van der Waals surface area contributed by atoms with Crippen LogP contribution < -0.4 is 4.74 Å². The van der Waals surface area contributed by atoms with Crippen LogP contribution in [0.1, 0.15) is 48.5 Å². The summed E-state index contributed by atoms with van der Waals surface area (Å²) in [5.74, 6) is 1.01. The van der Waals surface area contributed by atoms with Crippen LogP contribution in [0.3, 0.4) is 0 Å². The number of aromatic nitrogens is 2. The molecule has 1 aliphatic heterocycles. The molecular weight excluding hydrogens is 417 g/mol. The lowest BCUT2D eigenvalue weighted by atomic mass is 9.94. The number of halogens is 1. The predicted octanol–water partition coefficient (Wildman–Crippen LogP) is 5.49. The van der Waals surface area contributed by atoms with Crippen molar-refractivity contribution >= 4 is 12.0 Å². The maximum absolute atomic E-state index is 13.5. The Morgan fingerprint density at radius 2 is 1.97 bits per heavy atom. The molecule has 0 radical (unpaired) electrons. The number of hydrogen-bond acceptors (Lipinski definition) is 3. The normalized spacial score (nSPS) is 18.6. The summed E-state index contributed by atoms with van der Waals surface area (Å²) < 4.78 is 21.0. The summed E-state index contributed by atoms with van der Waals surface area (Å²) in [5, 5.41) is 0. The van der Waals surface area contributed by atoms with Crippen molar-refractivity contribution in [3.8, 4) is 11.4 Å². The largest absolute Gasteiger partial charge is 0.495 e. The summed E-state index contributed by atoms with van der Waals surface area (Å²) in [6.45, 7) is 2.68. The highest BCUT2D eigenvalue weighted by atomic mass is 19.1. The Kier molecular flexibility index (Phi) is 5.75. The first-order valence-corrected chi connectivity index (χ1v) is 11.5. The fourth-order valence-corrected chi connectivity index (χ4v) is 4.76. The van der Waals surface area contributed by atoms with Crippen molar-refractivity contribution in [3.63, 3.8) is 0 Å². The van der Waals surface area contributed by atoms with Gasteiger partial charge in [-0.25, -0.2) is 9.37 Å². The highest BCUT2D eigenvalue weighted by Crippen LogP contribution is 2.46. The lowest BCUT2D eigenvalue weighted by Gasteiger charge is -2.36. The number of hydrogen-bond donors (Lipinski definition) is 0. The number of rotatable bonds is 6. The number of nitrogens with zero attached hydrogens (tertiary/aromatic N) is 3. The van der Waals surface area contributed by atoms with Gasteiger partial charge in [-0.15, -0.1) is 0 Å². The molecule has 6 heteroatoms. The number of likely N-dealkylation sites (tertiary alicyclic amines) is 1. The summed E-state index contributed by atoms with van der Waals surface area (Å²) >= 11 is 0. The molecule has 2 heterocycles. The minimum Gasteiger partial charge on any atom is -0.495 e. The summed E-state index contributed by atoms with van der Waals surface area (Å²) in [4.78, 5) is 19.8. The van der Waals surface area contributed by atoms with E-state index in [9.17, 15) is 9.18 Å². The van der Waals surface area contributed by atoms with Crippen LogP contribution in [0.25, 0.3) is 11.8 Å². The van der Waals surface area contributed by atoms with Crippen LogP contribution in [0.2, 0.25) is 0 Å². The Bertz CT molecular complexity index is 1190. The molecular formula is C27H28FN3O2. The zero-order valence-corrected chi connectivity index (χ0v) is 19.0. The molecule has 0 unspecified atom stereocenters. The second kappa shape index (κ2) is 8.85. The second-order valence-corrected chi connectivity index (χ2v) is 8.96. The Balaban J connectivity index is 1.43. The number of benzene rings is 2. The zero-order chi connectivity index (χ0) is 22.9. The average molecular weight is 446 g/mol. The van der Waals surface area contributed by atoms with Gasteiger partial charge in [0.2, 0.25) is 5.91 Å². The first-order chi connectivity index (χ1) is 16.0. The van der Waals surface area contributed by atoms with E-state index in [1.807, 2.05) is 59.0 Å². The molecule has 5 nitrogen and oxygen atoms in total. The van der Waals surface area contributed by atoms with Crippen molar-refractivity contribution in [2.45, 2.75) is 38.6 Å². The number of amides is 1. The maximum Gasteiger partial charge on any atom is 0.250 e. The summed E-state index contributed by atoms with van der Waals surface area (Å²) in [6, 6.07) is 12.6. The van der Waals surface area contributed by atoms with Crippen LogP contribution in [0, 0.1) is 18.7 Å². The van der Waals surface area contributed by atoms with Gasteiger partial charge in [-0.3, -0.25) is 4.79 Å². The van der Waals surface area contributed by atoms with Gasteiger partial charge in [-0.05, 0) is 80.0 Å². The van der Waals surface area contributed by atoms with Crippen molar-refractivity contribution in [1.82, 2.24) is 14.5 Å². The average Bonchev–Trinajstić information content (AvgIpc) is 3.56. The highest BCUT2D eigenvalue weighted by molar-refractivity contribution is 5.99. The van der Waals surface area contributed by atoms with Crippen LogP contribution in [0.5, 0.6) is 5.75 Å². The van der Waals surface area contributed by atoms with Crippen LogP contribution in [-0.2, 0) is 4.79 Å². The molecule has 5 rings (SSSR count). The molecule has 1 saturated heterocycles. The SMILES string of the molecule is COc1cc(C=C2CCCN([C@@H](c3ccc(F)cc3)C3CC3)C2=O)ccc1-n1cnc(C)c1. The molecule has 3 aromatic rings. The number of carbonyl (C=O) groups is 1. The highest BCUT2D eigenvalue weighted by Gasteiger charge is 2.40. The van der Waals surface area contributed by atoms with Gasteiger partial charge in [-0.2, -0.15) is 0 Å². The number of imidazole rings is 1. The number of aryl methyl sites for hydroxylation is 1. The fraction of sp³-hybridized carbons (Fsp3) is 0.333. The molecule has 2 fully saturated rings. The van der Waals surface area contributed by atoms with E-state index in [1.54, 1.807) is 13.4 Å². The Hall–Kier alpha value is -3.41. The molecule has 1 aliphatic carbocycles. The van der Waals surface area contributed by atoms with Crippen molar-refractivity contribution in [2.75, 3.05) is 13.7 Å². The molecule has 1 aromatic heterocycles. The molecule has 2 aromatic carbocycles. The maximum atomic E-state index is 13.5. The van der Waals surface area contributed by atoms with Gasteiger partial charge < -0.3 is 14.2 Å². The topological polar surface area (TPSA) is 47.4 Å². The fourth-order valence-electron chi connectivity index (χ4n) is 4.76. The van der Waals surface area contributed by atoms with E-state index >= 15 is 0 Å². The van der Waals surface area contributed by atoms with Gasteiger partial charge in [0.15, 0.2) is 0 Å². The summed E-state index contributed by atoms with van der Waals surface area (Å²) in [7, 11) is 1.65. The molecule has 170 valence electrons. The number of ether oxygens (including phenoxy) is 1. The van der Waals surface area contributed by atoms with Gasteiger partial charge in [0.1, 0.15) is 11.6 Å². The molecule has 2 aliphatic rings. The minimum absolute atomic E-state index is 0.0168. The summed E-state index contributed by atoms with van der Waals surface area (Å²) in [5.41, 5.74) is 4.60. The van der Waals surface area contributed by atoms with E-state index in [2.05, 4.69) is 4.98 Å². The van der Waals surface area contributed by atoms with E-state index in [1.165, 1.54) is 12.1 Å².